The first-order valence-electron chi connectivity index (χ1n) is 16.1. The third-order valence-corrected chi connectivity index (χ3v) is 9.54. The molecular formula is C36H42ClN7O2. The molecule has 4 aromatic rings. The molecule has 9 nitrogen and oxygen atoms in total. The van der Waals surface area contributed by atoms with E-state index < -0.39 is 0 Å². The quantitative estimate of drug-likeness (QED) is 0.133. The van der Waals surface area contributed by atoms with E-state index in [9.17, 15) is 9.59 Å². The summed E-state index contributed by atoms with van der Waals surface area (Å²) in [6.45, 7) is 1.20. The maximum absolute atomic E-state index is 13.1. The molecule has 46 heavy (non-hydrogen) atoms. The molecule has 0 radical (unpaired) electrons. The van der Waals surface area contributed by atoms with E-state index in [-0.39, 0.29) is 17.4 Å². The minimum absolute atomic E-state index is 0.140. The predicted octanol–water partition coefficient (Wildman–Crippen LogP) is 6.91. The highest BCUT2D eigenvalue weighted by Crippen LogP contribution is 2.47. The Bertz CT molecular complexity index is 1700. The number of carbonyl (C=O) groups excluding carboxylic acids is 2. The first-order chi connectivity index (χ1) is 22.3. The minimum atomic E-state index is -0.235. The molecular weight excluding hydrogens is 598 g/mol. The summed E-state index contributed by atoms with van der Waals surface area (Å²) in [5, 5.41) is 11.3. The summed E-state index contributed by atoms with van der Waals surface area (Å²) in [5.41, 5.74) is 3.62. The number of amides is 2. The Morgan fingerprint density at radius 1 is 1.09 bits per heavy atom. The maximum Gasteiger partial charge on any atom is 0.251 e. The Morgan fingerprint density at radius 2 is 1.85 bits per heavy atom. The number of halogens is 1. The number of nitrogens with zero attached hydrogens (tertiary/aromatic N) is 3. The van der Waals surface area contributed by atoms with Crippen molar-refractivity contribution in [1.82, 2.24) is 25.2 Å². The number of nitrogens with one attached hydrogen (secondary N) is 4. The van der Waals surface area contributed by atoms with Crippen LogP contribution in [0.15, 0.2) is 73.1 Å². The number of H-pyrrole nitrogens is 1. The third-order valence-electron chi connectivity index (χ3n) is 9.26. The number of anilines is 2. The number of aromatic nitrogens is 3. The molecule has 4 N–H and O–H groups in total. The van der Waals surface area contributed by atoms with Crippen LogP contribution in [0.25, 0.3) is 22.2 Å². The van der Waals surface area contributed by atoms with Crippen LogP contribution in [0.3, 0.4) is 0 Å². The van der Waals surface area contributed by atoms with Crippen LogP contribution < -0.4 is 16.0 Å². The molecule has 2 bridgehead atoms. The normalized spacial score (nSPS) is 21.0. The summed E-state index contributed by atoms with van der Waals surface area (Å²) >= 11 is 6.65. The molecule has 0 aliphatic heterocycles. The van der Waals surface area contributed by atoms with Gasteiger partial charge in [-0.25, -0.2) is 9.97 Å². The maximum atomic E-state index is 13.1. The van der Waals surface area contributed by atoms with Crippen LogP contribution in [0.4, 0.5) is 11.6 Å². The highest BCUT2D eigenvalue weighted by molar-refractivity contribution is 6.33. The largest absolute Gasteiger partial charge is 0.360 e. The highest BCUT2D eigenvalue weighted by Gasteiger charge is 2.42. The average molecular weight is 640 g/mol. The van der Waals surface area contributed by atoms with Crippen LogP contribution in [0.1, 0.15) is 55.3 Å². The Morgan fingerprint density at radius 3 is 2.61 bits per heavy atom. The molecule has 0 spiro atoms. The van der Waals surface area contributed by atoms with Crippen molar-refractivity contribution in [2.45, 2.75) is 50.5 Å². The zero-order chi connectivity index (χ0) is 32.1. The van der Waals surface area contributed by atoms with Crippen LogP contribution >= 0.6 is 11.6 Å². The van der Waals surface area contributed by atoms with Gasteiger partial charge in [0.1, 0.15) is 0 Å². The molecule has 2 fully saturated rings. The molecule has 2 unspecified atom stereocenters. The number of rotatable bonds is 11. The van der Waals surface area contributed by atoms with Gasteiger partial charge in [-0.05, 0) is 81.9 Å². The number of carbonyl (C=O) groups is 2. The van der Waals surface area contributed by atoms with Crippen molar-refractivity contribution < 1.29 is 9.59 Å². The summed E-state index contributed by atoms with van der Waals surface area (Å²) < 4.78 is 0. The number of fused-ring (bicyclic) bond motifs is 3. The van der Waals surface area contributed by atoms with E-state index in [2.05, 4.69) is 32.0 Å². The molecule has 2 aliphatic rings. The van der Waals surface area contributed by atoms with Crippen LogP contribution in [0.2, 0.25) is 5.02 Å². The van der Waals surface area contributed by atoms with E-state index in [0.717, 1.165) is 35.7 Å². The lowest BCUT2D eigenvalue weighted by Gasteiger charge is -2.48. The van der Waals surface area contributed by atoms with Crippen molar-refractivity contribution in [2.75, 3.05) is 37.8 Å². The van der Waals surface area contributed by atoms with Crippen molar-refractivity contribution in [3.05, 3.63) is 83.7 Å². The number of hydrogen-bond acceptors (Lipinski definition) is 6. The van der Waals surface area contributed by atoms with Gasteiger partial charge in [0.15, 0.2) is 0 Å². The zero-order valence-corrected chi connectivity index (χ0v) is 27.2. The summed E-state index contributed by atoms with van der Waals surface area (Å²) in [4.78, 5) is 40.2. The van der Waals surface area contributed by atoms with Crippen LogP contribution in [0, 0.1) is 11.8 Å². The molecule has 2 atom stereocenters. The third kappa shape index (κ3) is 7.59. The molecule has 2 saturated carbocycles. The van der Waals surface area contributed by atoms with Crippen LogP contribution in [-0.4, -0.2) is 64.4 Å². The van der Waals surface area contributed by atoms with E-state index in [1.165, 1.54) is 31.8 Å². The molecule has 2 amide bonds. The lowest BCUT2D eigenvalue weighted by Crippen LogP contribution is -2.49. The van der Waals surface area contributed by atoms with Gasteiger partial charge in [0, 0.05) is 58.6 Å². The van der Waals surface area contributed by atoms with Gasteiger partial charge in [-0.1, -0.05) is 55.1 Å². The lowest BCUT2D eigenvalue weighted by molar-refractivity contribution is -0.111. The molecule has 2 aromatic heterocycles. The topological polar surface area (TPSA) is 115 Å². The van der Waals surface area contributed by atoms with E-state index >= 15 is 0 Å². The van der Waals surface area contributed by atoms with Crippen molar-refractivity contribution in [3.63, 3.8) is 0 Å². The van der Waals surface area contributed by atoms with E-state index in [4.69, 9.17) is 16.6 Å². The number of aromatic amines is 1. The predicted molar refractivity (Wildman–Crippen MR) is 185 cm³/mol. The summed E-state index contributed by atoms with van der Waals surface area (Å²) in [5.74, 6) is 1.52. The van der Waals surface area contributed by atoms with Crippen molar-refractivity contribution in [1.29, 1.82) is 0 Å². The first kappa shape index (κ1) is 31.8. The standard InChI is InChI=1S/C36H42ClN7O2/c1-44(2)18-6-11-32(45)41-27-14-12-26(13-15-27)34(46)38-17-16-36(20-24-7-5-8-25(19-24)21-36)43-35-40-23-30(37)33(42-35)29-22-39-31-10-4-3-9-28(29)31/h3-4,6,9-15,22-25,39H,5,7-8,16-21H2,1-2H3,(H,38,46)(H,41,45)(H,40,42,43)/b11-6+. The Kier molecular flexibility index (Phi) is 9.70. The molecule has 2 heterocycles. The summed E-state index contributed by atoms with van der Waals surface area (Å²) in [7, 11) is 3.89. The molecule has 2 aromatic carbocycles. The Hall–Kier alpha value is -4.21. The van der Waals surface area contributed by atoms with Gasteiger partial charge < -0.3 is 25.8 Å². The van der Waals surface area contributed by atoms with E-state index in [0.29, 0.717) is 52.8 Å². The van der Waals surface area contributed by atoms with Crippen LogP contribution in [0.5, 0.6) is 0 Å². The minimum Gasteiger partial charge on any atom is -0.360 e. The van der Waals surface area contributed by atoms with Crippen molar-refractivity contribution in [3.8, 4) is 11.3 Å². The fraction of sp³-hybridized carbons (Fsp3) is 0.389. The summed E-state index contributed by atoms with van der Waals surface area (Å²) in [6, 6.07) is 15.1. The zero-order valence-electron chi connectivity index (χ0n) is 26.5. The second kappa shape index (κ2) is 14.1. The van der Waals surface area contributed by atoms with Gasteiger partial charge in [-0.3, -0.25) is 9.59 Å². The average Bonchev–Trinajstić information content (AvgIpc) is 3.46. The van der Waals surface area contributed by atoms with Crippen molar-refractivity contribution in [2.24, 2.45) is 11.8 Å². The van der Waals surface area contributed by atoms with Gasteiger partial charge in [-0.15, -0.1) is 0 Å². The smallest absolute Gasteiger partial charge is 0.251 e. The van der Waals surface area contributed by atoms with Gasteiger partial charge in [0.05, 0.1) is 16.9 Å². The Labute approximate surface area is 275 Å². The second-order valence-electron chi connectivity index (χ2n) is 13.1. The fourth-order valence-electron chi connectivity index (χ4n) is 7.23. The van der Waals surface area contributed by atoms with E-state index in [1.54, 1.807) is 36.5 Å². The second-order valence-corrected chi connectivity index (χ2v) is 13.5. The first-order valence-corrected chi connectivity index (χ1v) is 16.5. The SMILES string of the molecule is CN(C)C/C=C/C(=O)Nc1ccc(C(=O)NCCC2(Nc3ncc(Cl)c(-c4c[nH]c5ccccc45)n3)CC3CCCC(C3)C2)cc1. The number of likely N-dealkylation sites (N-methyl/N-ethyl adjacent to an activating group) is 1. The fourth-order valence-corrected chi connectivity index (χ4v) is 7.42. The molecule has 240 valence electrons. The summed E-state index contributed by atoms with van der Waals surface area (Å²) in [6.07, 6.45) is 14.8. The van der Waals surface area contributed by atoms with E-state index in [1.807, 2.05) is 43.4 Å². The van der Waals surface area contributed by atoms with Gasteiger partial charge >= 0.3 is 0 Å². The van der Waals surface area contributed by atoms with Crippen LogP contribution in [-0.2, 0) is 4.79 Å². The van der Waals surface area contributed by atoms with Crippen molar-refractivity contribution >= 4 is 46.0 Å². The molecule has 0 saturated heterocycles. The Balaban J connectivity index is 1.13. The number of hydrogen-bond donors (Lipinski definition) is 4. The molecule has 2 aliphatic carbocycles. The van der Waals surface area contributed by atoms with Gasteiger partial charge in [-0.2, -0.15) is 0 Å². The monoisotopic (exact) mass is 639 g/mol. The van der Waals surface area contributed by atoms with Gasteiger partial charge in [0.2, 0.25) is 11.9 Å². The molecule has 10 heteroatoms. The van der Waals surface area contributed by atoms with Gasteiger partial charge in [0.25, 0.3) is 5.91 Å². The highest BCUT2D eigenvalue weighted by atomic mass is 35.5. The molecule has 6 rings (SSSR count). The lowest BCUT2D eigenvalue weighted by atomic mass is 9.63. The number of para-hydroxylation sites is 1. The number of benzene rings is 2.